The normalized spacial score (nSPS) is 24.0. The van der Waals surface area contributed by atoms with E-state index in [0.29, 0.717) is 0 Å². The lowest BCUT2D eigenvalue weighted by Gasteiger charge is -2.45. The second-order valence-corrected chi connectivity index (χ2v) is 7.84. The monoisotopic (exact) mass is 341 g/mol. The van der Waals surface area contributed by atoms with Gasteiger partial charge < -0.3 is 10.2 Å². The van der Waals surface area contributed by atoms with Gasteiger partial charge in [-0.3, -0.25) is 9.67 Å². The van der Waals surface area contributed by atoms with Crippen LogP contribution in [0.4, 0.5) is 0 Å². The minimum absolute atomic E-state index is 0.275. The van der Waals surface area contributed by atoms with Gasteiger partial charge in [0.2, 0.25) is 0 Å². The average molecular weight is 342 g/mol. The van der Waals surface area contributed by atoms with Crippen LogP contribution in [0, 0.1) is 5.92 Å². The molecule has 3 rings (SSSR count). The Bertz CT molecular complexity index is 679. The third-order valence-electron chi connectivity index (χ3n) is 5.64. The number of aryl methyl sites for hydroxylation is 1. The summed E-state index contributed by atoms with van der Waals surface area (Å²) in [7, 11) is 6.44. The molecule has 136 valence electrons. The van der Waals surface area contributed by atoms with Gasteiger partial charge in [-0.25, -0.2) is 0 Å². The lowest BCUT2D eigenvalue weighted by Crippen LogP contribution is -2.54. The van der Waals surface area contributed by atoms with E-state index in [1.165, 1.54) is 31.2 Å². The van der Waals surface area contributed by atoms with Crippen molar-refractivity contribution in [3.05, 3.63) is 36.3 Å². The number of hydrogen-bond acceptors (Lipinski definition) is 4. The fourth-order valence-electron chi connectivity index (χ4n) is 4.21. The zero-order valence-corrected chi connectivity index (χ0v) is 16.0. The van der Waals surface area contributed by atoms with Gasteiger partial charge in [0.15, 0.2) is 0 Å². The number of hydrogen-bond donors (Lipinski definition) is 1. The van der Waals surface area contributed by atoms with Gasteiger partial charge in [-0.2, -0.15) is 5.10 Å². The van der Waals surface area contributed by atoms with E-state index in [1.54, 1.807) is 0 Å². The van der Waals surface area contributed by atoms with Gasteiger partial charge in [0.1, 0.15) is 0 Å². The maximum atomic E-state index is 4.65. The summed E-state index contributed by atoms with van der Waals surface area (Å²) >= 11 is 0. The zero-order chi connectivity index (χ0) is 17.9. The fourth-order valence-corrected chi connectivity index (χ4v) is 4.21. The first-order valence-electron chi connectivity index (χ1n) is 9.31. The summed E-state index contributed by atoms with van der Waals surface area (Å²) in [6.07, 6.45) is 11.0. The molecule has 0 bridgehead atoms. The number of likely N-dealkylation sites (N-methyl/N-ethyl adjacent to an activating group) is 1. The van der Waals surface area contributed by atoms with E-state index in [0.717, 1.165) is 30.3 Å². The first-order valence-corrected chi connectivity index (χ1v) is 9.31. The van der Waals surface area contributed by atoms with Gasteiger partial charge in [0, 0.05) is 55.4 Å². The Kier molecular flexibility index (Phi) is 5.54. The van der Waals surface area contributed by atoms with Crippen molar-refractivity contribution in [1.82, 2.24) is 25.0 Å². The molecule has 0 spiro atoms. The Hall–Kier alpha value is -1.72. The lowest BCUT2D eigenvalue weighted by molar-refractivity contribution is 0.0750. The Morgan fingerprint density at radius 3 is 2.76 bits per heavy atom. The Balaban J connectivity index is 1.70. The van der Waals surface area contributed by atoms with Crippen LogP contribution < -0.4 is 5.32 Å². The van der Waals surface area contributed by atoms with Crippen LogP contribution in [-0.2, 0) is 13.6 Å². The molecule has 2 atom stereocenters. The van der Waals surface area contributed by atoms with Crippen LogP contribution in [0.3, 0.4) is 0 Å². The third kappa shape index (κ3) is 4.10. The largest absolute Gasteiger partial charge is 0.311 e. The minimum Gasteiger partial charge on any atom is -0.311 e. The highest BCUT2D eigenvalue weighted by Crippen LogP contribution is 2.35. The van der Waals surface area contributed by atoms with Crippen molar-refractivity contribution in [3.8, 4) is 11.3 Å². The van der Waals surface area contributed by atoms with Crippen LogP contribution >= 0.6 is 0 Å². The summed E-state index contributed by atoms with van der Waals surface area (Å²) < 4.78 is 1.90. The smallest absolute Gasteiger partial charge is 0.0969 e. The van der Waals surface area contributed by atoms with Crippen molar-refractivity contribution in [2.45, 2.75) is 44.7 Å². The second kappa shape index (κ2) is 7.67. The molecular formula is C20H31N5. The third-order valence-corrected chi connectivity index (χ3v) is 5.64. The molecule has 0 amide bonds. The predicted molar refractivity (Wildman–Crippen MR) is 102 cm³/mol. The summed E-state index contributed by atoms with van der Waals surface area (Å²) in [6, 6.07) is 4.05. The van der Waals surface area contributed by atoms with E-state index >= 15 is 0 Å². The molecule has 1 fully saturated rings. The number of nitrogens with zero attached hydrogens (tertiary/aromatic N) is 4. The molecule has 0 unspecified atom stereocenters. The van der Waals surface area contributed by atoms with E-state index in [9.17, 15) is 0 Å². The highest BCUT2D eigenvalue weighted by atomic mass is 15.3. The summed E-state index contributed by atoms with van der Waals surface area (Å²) in [5.41, 5.74) is 3.69. The highest BCUT2D eigenvalue weighted by molar-refractivity contribution is 5.61. The SMILES string of the molecule is C[C@@H]1CCC[C@](CNCc2cn(C)nc2-c2ccncc2)(N(C)C)C1. The Labute approximate surface area is 151 Å². The van der Waals surface area contributed by atoms with Gasteiger partial charge >= 0.3 is 0 Å². The van der Waals surface area contributed by atoms with Crippen LogP contribution in [0.1, 0.15) is 38.2 Å². The Morgan fingerprint density at radius 1 is 1.32 bits per heavy atom. The molecule has 2 aromatic heterocycles. The number of aromatic nitrogens is 3. The van der Waals surface area contributed by atoms with E-state index in [1.807, 2.05) is 36.3 Å². The van der Waals surface area contributed by atoms with E-state index < -0.39 is 0 Å². The molecule has 2 heterocycles. The van der Waals surface area contributed by atoms with E-state index in [4.69, 9.17) is 0 Å². The zero-order valence-electron chi connectivity index (χ0n) is 16.0. The first-order chi connectivity index (χ1) is 12.0. The molecule has 1 saturated carbocycles. The van der Waals surface area contributed by atoms with Crippen LogP contribution in [-0.4, -0.2) is 45.8 Å². The van der Waals surface area contributed by atoms with Crippen molar-refractivity contribution in [2.75, 3.05) is 20.6 Å². The van der Waals surface area contributed by atoms with Gasteiger partial charge in [-0.15, -0.1) is 0 Å². The molecule has 1 aliphatic carbocycles. The predicted octanol–water partition coefficient (Wildman–Crippen LogP) is 3.08. The first kappa shape index (κ1) is 18.1. The molecule has 0 aromatic carbocycles. The summed E-state index contributed by atoms with van der Waals surface area (Å²) in [6.45, 7) is 4.25. The topological polar surface area (TPSA) is 46.0 Å². The van der Waals surface area contributed by atoms with Crippen molar-refractivity contribution in [1.29, 1.82) is 0 Å². The molecule has 0 saturated heterocycles. The summed E-state index contributed by atoms with van der Waals surface area (Å²) in [5.74, 6) is 0.809. The highest BCUT2D eigenvalue weighted by Gasteiger charge is 2.36. The quantitative estimate of drug-likeness (QED) is 0.877. The molecule has 1 aliphatic rings. The average Bonchev–Trinajstić information content (AvgIpc) is 2.96. The minimum atomic E-state index is 0.275. The van der Waals surface area contributed by atoms with Gasteiger partial charge in [0.25, 0.3) is 0 Å². The number of nitrogens with one attached hydrogen (secondary N) is 1. The molecule has 5 heteroatoms. The Morgan fingerprint density at radius 2 is 2.08 bits per heavy atom. The van der Waals surface area contributed by atoms with Gasteiger partial charge in [-0.1, -0.05) is 19.8 Å². The molecule has 5 nitrogen and oxygen atoms in total. The maximum Gasteiger partial charge on any atom is 0.0969 e. The van der Waals surface area contributed by atoms with E-state index in [2.05, 4.69) is 47.5 Å². The maximum absolute atomic E-state index is 4.65. The van der Waals surface area contributed by atoms with Crippen LogP contribution in [0.15, 0.2) is 30.7 Å². The molecule has 2 aromatic rings. The van der Waals surface area contributed by atoms with Crippen molar-refractivity contribution in [3.63, 3.8) is 0 Å². The van der Waals surface area contributed by atoms with Crippen molar-refractivity contribution in [2.24, 2.45) is 13.0 Å². The number of pyridine rings is 1. The van der Waals surface area contributed by atoms with Crippen molar-refractivity contribution < 1.29 is 0 Å². The molecular weight excluding hydrogens is 310 g/mol. The summed E-state index contributed by atoms with van der Waals surface area (Å²) in [4.78, 5) is 6.54. The number of rotatable bonds is 6. The summed E-state index contributed by atoms with van der Waals surface area (Å²) in [5, 5.41) is 8.38. The van der Waals surface area contributed by atoms with Crippen LogP contribution in [0.5, 0.6) is 0 Å². The molecule has 25 heavy (non-hydrogen) atoms. The second-order valence-electron chi connectivity index (χ2n) is 7.84. The lowest BCUT2D eigenvalue weighted by atomic mass is 9.75. The molecule has 0 radical (unpaired) electrons. The van der Waals surface area contributed by atoms with Gasteiger partial charge in [0.05, 0.1) is 5.69 Å². The van der Waals surface area contributed by atoms with Gasteiger partial charge in [-0.05, 0) is 45.0 Å². The van der Waals surface area contributed by atoms with Crippen molar-refractivity contribution >= 4 is 0 Å². The molecule has 1 N–H and O–H groups in total. The van der Waals surface area contributed by atoms with E-state index in [-0.39, 0.29) is 5.54 Å². The molecule has 0 aliphatic heterocycles. The fraction of sp³-hybridized carbons (Fsp3) is 0.600. The van der Waals surface area contributed by atoms with Crippen LogP contribution in [0.2, 0.25) is 0 Å². The standard InChI is InChI=1S/C20H31N5/c1-16-6-5-9-20(12-16,24(2)3)15-22-13-18-14-25(4)23-19(18)17-7-10-21-11-8-17/h7-8,10-11,14,16,22H,5-6,9,12-13,15H2,1-4H3/t16-,20+/m1/s1. The van der Waals surface area contributed by atoms with Crippen LogP contribution in [0.25, 0.3) is 11.3 Å².